The van der Waals surface area contributed by atoms with Gasteiger partial charge in [-0.05, 0) is 23.3 Å². The molecule has 1 fully saturated rings. The van der Waals surface area contributed by atoms with Crippen molar-refractivity contribution in [3.8, 4) is 0 Å². The number of ether oxygens (including phenoxy) is 2. The van der Waals surface area contributed by atoms with Crippen LogP contribution in [0.5, 0.6) is 0 Å². The van der Waals surface area contributed by atoms with Crippen molar-refractivity contribution in [3.05, 3.63) is 29.3 Å². The van der Waals surface area contributed by atoms with Gasteiger partial charge < -0.3 is 14.4 Å². The number of hydrogen-bond donors (Lipinski definition) is 0. The normalized spacial score (nSPS) is 16.9. The number of amides is 1. The van der Waals surface area contributed by atoms with E-state index in [9.17, 15) is 4.79 Å². The molecule has 1 aromatic carbocycles. The van der Waals surface area contributed by atoms with Gasteiger partial charge in [0.05, 0.1) is 20.3 Å². The Morgan fingerprint density at radius 1 is 1.14 bits per heavy atom. The lowest BCUT2D eigenvalue weighted by Gasteiger charge is -2.29. The Hall–Kier alpha value is -1.75. The molecule has 1 saturated heterocycles. The van der Waals surface area contributed by atoms with Crippen LogP contribution in [-0.2, 0) is 22.6 Å². The molecule has 0 aromatic heterocycles. The van der Waals surface area contributed by atoms with Crippen LogP contribution < -0.4 is 4.90 Å². The molecule has 0 bridgehead atoms. The van der Waals surface area contributed by atoms with E-state index in [0.29, 0.717) is 13.1 Å². The second-order valence-corrected chi connectivity index (χ2v) is 4.88. The van der Waals surface area contributed by atoms with Gasteiger partial charge in [0, 0.05) is 31.9 Å². The van der Waals surface area contributed by atoms with E-state index >= 15 is 0 Å². The summed E-state index contributed by atoms with van der Waals surface area (Å²) in [5, 5.41) is 0. The predicted molar refractivity (Wildman–Crippen MR) is 82.5 cm³/mol. The highest BCUT2D eigenvalue weighted by molar-refractivity contribution is 5.69. The number of hydrogen-bond acceptors (Lipinski definition) is 4. The average Bonchev–Trinajstić information content (AvgIpc) is 3.00. The zero-order valence-electron chi connectivity index (χ0n) is 13.1. The number of benzene rings is 1. The summed E-state index contributed by atoms with van der Waals surface area (Å²) in [5.74, 6) is 0. The van der Waals surface area contributed by atoms with Gasteiger partial charge in [-0.2, -0.15) is 0 Å². The maximum atomic E-state index is 11.5. The number of rotatable bonds is 1. The molecule has 5 heteroatoms. The van der Waals surface area contributed by atoms with Crippen molar-refractivity contribution in [2.75, 3.05) is 38.3 Å². The Balaban J connectivity index is 0.000000774. The Labute approximate surface area is 126 Å². The second kappa shape index (κ2) is 7.31. The molecular weight excluding hydrogens is 268 g/mol. The lowest BCUT2D eigenvalue weighted by Crippen LogP contribution is -2.36. The van der Waals surface area contributed by atoms with Gasteiger partial charge in [-0.25, -0.2) is 4.79 Å². The molecule has 0 unspecified atom stereocenters. The largest absolute Gasteiger partial charge is 0.453 e. The third-order valence-corrected chi connectivity index (χ3v) is 3.72. The zero-order valence-corrected chi connectivity index (χ0v) is 13.1. The van der Waals surface area contributed by atoms with E-state index in [0.717, 1.165) is 26.3 Å². The fraction of sp³-hybridized carbons (Fsp3) is 0.562. The Morgan fingerprint density at radius 2 is 1.81 bits per heavy atom. The van der Waals surface area contributed by atoms with E-state index in [1.54, 1.807) is 4.90 Å². The number of carbonyl (C=O) groups is 1. The Morgan fingerprint density at radius 3 is 2.48 bits per heavy atom. The summed E-state index contributed by atoms with van der Waals surface area (Å²) in [6.07, 6.45) is -0.260. The Bertz CT molecular complexity index is 484. The minimum atomic E-state index is -0.260. The highest BCUT2D eigenvalue weighted by Gasteiger charge is 2.24. The van der Waals surface area contributed by atoms with Gasteiger partial charge in [0.25, 0.3) is 0 Å². The molecule has 0 spiro atoms. The molecule has 1 amide bonds. The molecule has 0 saturated carbocycles. The van der Waals surface area contributed by atoms with E-state index in [2.05, 4.69) is 23.1 Å². The van der Waals surface area contributed by atoms with Crippen LogP contribution in [0.4, 0.5) is 10.5 Å². The number of morpholine rings is 1. The summed E-state index contributed by atoms with van der Waals surface area (Å²) in [5.41, 5.74) is 3.64. The summed E-state index contributed by atoms with van der Waals surface area (Å²) in [6.45, 7) is 8.71. The first kappa shape index (κ1) is 15.6. The van der Waals surface area contributed by atoms with Gasteiger partial charge in [-0.1, -0.05) is 19.9 Å². The molecule has 5 nitrogen and oxygen atoms in total. The van der Waals surface area contributed by atoms with Crippen LogP contribution in [0.3, 0.4) is 0 Å². The summed E-state index contributed by atoms with van der Waals surface area (Å²) >= 11 is 0. The van der Waals surface area contributed by atoms with Crippen LogP contribution in [0, 0.1) is 0 Å². The topological polar surface area (TPSA) is 42.0 Å². The summed E-state index contributed by atoms with van der Waals surface area (Å²) in [4.78, 5) is 15.6. The van der Waals surface area contributed by atoms with E-state index in [-0.39, 0.29) is 6.09 Å². The van der Waals surface area contributed by atoms with Crippen LogP contribution in [0.1, 0.15) is 25.0 Å². The van der Waals surface area contributed by atoms with Crippen molar-refractivity contribution in [3.63, 3.8) is 0 Å². The van der Waals surface area contributed by atoms with Gasteiger partial charge in [-0.3, -0.25) is 4.90 Å². The minimum Gasteiger partial charge on any atom is -0.453 e. The minimum absolute atomic E-state index is 0.260. The summed E-state index contributed by atoms with van der Waals surface area (Å²) < 4.78 is 10.1. The first-order valence-electron chi connectivity index (χ1n) is 7.55. The standard InChI is InChI=1S/C14H18N2O3.C2H6/c1-18-14(17)16-9-11-2-3-13(8-12(11)10-16)15-4-6-19-7-5-15;1-2/h2-3,8H,4-7,9-10H2,1H3;1-2H3. The predicted octanol–water partition coefficient (Wildman–Crippen LogP) is 2.63. The third-order valence-electron chi connectivity index (χ3n) is 3.72. The summed E-state index contributed by atoms with van der Waals surface area (Å²) in [6, 6.07) is 6.43. The van der Waals surface area contributed by atoms with Crippen molar-refractivity contribution in [2.45, 2.75) is 26.9 Å². The van der Waals surface area contributed by atoms with Gasteiger partial charge in [0.1, 0.15) is 0 Å². The van der Waals surface area contributed by atoms with Gasteiger partial charge in [0.2, 0.25) is 0 Å². The zero-order chi connectivity index (χ0) is 15.2. The molecule has 0 N–H and O–H groups in total. The molecule has 21 heavy (non-hydrogen) atoms. The van der Waals surface area contributed by atoms with Crippen LogP contribution >= 0.6 is 0 Å². The molecular formula is C16H24N2O3. The fourth-order valence-corrected chi connectivity index (χ4v) is 2.66. The molecule has 1 aromatic rings. The van der Waals surface area contributed by atoms with Crippen molar-refractivity contribution in [1.82, 2.24) is 4.90 Å². The van der Waals surface area contributed by atoms with Crippen molar-refractivity contribution < 1.29 is 14.3 Å². The number of nitrogens with zero attached hydrogens (tertiary/aromatic N) is 2. The monoisotopic (exact) mass is 292 g/mol. The first-order valence-corrected chi connectivity index (χ1v) is 7.55. The second-order valence-electron chi connectivity index (χ2n) is 4.88. The molecule has 0 aliphatic carbocycles. The SMILES string of the molecule is CC.COC(=O)N1Cc2ccc(N3CCOCC3)cc2C1. The maximum absolute atomic E-state index is 11.5. The molecule has 116 valence electrons. The molecule has 3 rings (SSSR count). The van der Waals surface area contributed by atoms with E-state index < -0.39 is 0 Å². The highest BCUT2D eigenvalue weighted by Crippen LogP contribution is 2.28. The molecule has 2 heterocycles. The van der Waals surface area contributed by atoms with Crippen molar-refractivity contribution >= 4 is 11.8 Å². The average molecular weight is 292 g/mol. The van der Waals surface area contributed by atoms with Crippen LogP contribution in [0.2, 0.25) is 0 Å². The smallest absolute Gasteiger partial charge is 0.410 e. The van der Waals surface area contributed by atoms with Crippen LogP contribution in [0.15, 0.2) is 18.2 Å². The van der Waals surface area contributed by atoms with Crippen molar-refractivity contribution in [2.24, 2.45) is 0 Å². The van der Waals surface area contributed by atoms with Gasteiger partial charge in [0.15, 0.2) is 0 Å². The molecule has 2 aliphatic heterocycles. The van der Waals surface area contributed by atoms with Crippen LogP contribution in [0.25, 0.3) is 0 Å². The molecule has 2 aliphatic rings. The summed E-state index contributed by atoms with van der Waals surface area (Å²) in [7, 11) is 1.42. The van der Waals surface area contributed by atoms with E-state index in [4.69, 9.17) is 9.47 Å². The molecule has 0 atom stereocenters. The van der Waals surface area contributed by atoms with Gasteiger partial charge >= 0.3 is 6.09 Å². The highest BCUT2D eigenvalue weighted by atomic mass is 16.5. The van der Waals surface area contributed by atoms with Crippen LogP contribution in [-0.4, -0.2) is 44.4 Å². The molecule has 0 radical (unpaired) electrons. The third kappa shape index (κ3) is 3.47. The number of carbonyl (C=O) groups excluding carboxylic acids is 1. The van der Waals surface area contributed by atoms with Crippen molar-refractivity contribution in [1.29, 1.82) is 0 Å². The number of methoxy groups -OCH3 is 1. The number of anilines is 1. The fourth-order valence-electron chi connectivity index (χ4n) is 2.66. The lowest BCUT2D eigenvalue weighted by atomic mass is 10.1. The maximum Gasteiger partial charge on any atom is 0.410 e. The van der Waals surface area contributed by atoms with Gasteiger partial charge in [-0.15, -0.1) is 0 Å². The number of fused-ring (bicyclic) bond motifs is 1. The van der Waals surface area contributed by atoms with E-state index in [1.165, 1.54) is 23.9 Å². The van der Waals surface area contributed by atoms with E-state index in [1.807, 2.05) is 13.8 Å². The first-order chi connectivity index (χ1) is 10.3. The quantitative estimate of drug-likeness (QED) is 0.798. The lowest BCUT2D eigenvalue weighted by molar-refractivity contribution is 0.122. The Kier molecular flexibility index (Phi) is 5.44.